The molecule has 1 unspecified atom stereocenters. The van der Waals surface area contributed by atoms with E-state index >= 15 is 0 Å². The fraction of sp³-hybridized carbons (Fsp3) is 0.333. The molecule has 3 aliphatic heterocycles. The monoisotopic (exact) mass is 492 g/mol. The number of nitrogens with one attached hydrogen (secondary N) is 1. The van der Waals surface area contributed by atoms with E-state index in [4.69, 9.17) is 4.98 Å². The number of aromatic nitrogens is 1. The van der Waals surface area contributed by atoms with Crippen LogP contribution in [0.5, 0.6) is 0 Å². The summed E-state index contributed by atoms with van der Waals surface area (Å²) < 4.78 is 0. The number of nitrogens with zero attached hydrogens (tertiary/aromatic N) is 3. The second kappa shape index (κ2) is 9.36. The lowest BCUT2D eigenvalue weighted by Crippen LogP contribution is -2.52. The Morgan fingerprint density at radius 2 is 1.86 bits per heavy atom. The van der Waals surface area contributed by atoms with Gasteiger partial charge in [-0.3, -0.25) is 19.7 Å². The zero-order chi connectivity index (χ0) is 25.5. The van der Waals surface area contributed by atoms with Crippen LogP contribution >= 0.6 is 0 Å². The van der Waals surface area contributed by atoms with Gasteiger partial charge in [-0.1, -0.05) is 35.6 Å². The summed E-state index contributed by atoms with van der Waals surface area (Å²) in [6.45, 7) is 4.24. The maximum absolute atomic E-state index is 13.1. The molecule has 3 aromatic rings. The SMILES string of the molecule is Cc1ccc2ccnc(N3CCC(C#Cc4cccc5c4CN(C4CCC(=O)NC4=O)C5=O)CC3)c2c1. The van der Waals surface area contributed by atoms with Crippen LogP contribution in [-0.4, -0.2) is 46.7 Å². The summed E-state index contributed by atoms with van der Waals surface area (Å²) in [6, 6.07) is 13.5. The molecule has 3 aliphatic rings. The minimum atomic E-state index is -0.616. The molecule has 2 aromatic carbocycles. The number of carbonyl (C=O) groups is 3. The Morgan fingerprint density at radius 1 is 1.03 bits per heavy atom. The molecule has 37 heavy (non-hydrogen) atoms. The number of rotatable bonds is 2. The van der Waals surface area contributed by atoms with Gasteiger partial charge in [0, 0.05) is 54.7 Å². The quantitative estimate of drug-likeness (QED) is 0.437. The lowest BCUT2D eigenvalue weighted by atomic mass is 9.95. The molecule has 1 aromatic heterocycles. The number of hydrogen-bond donors (Lipinski definition) is 1. The van der Waals surface area contributed by atoms with Crippen LogP contribution in [0.4, 0.5) is 5.82 Å². The van der Waals surface area contributed by atoms with Gasteiger partial charge in [-0.05, 0) is 61.4 Å². The van der Waals surface area contributed by atoms with E-state index in [1.807, 2.05) is 18.3 Å². The third-order valence-corrected chi connectivity index (χ3v) is 7.69. The number of hydrogen-bond acceptors (Lipinski definition) is 5. The van der Waals surface area contributed by atoms with Crippen molar-refractivity contribution in [2.75, 3.05) is 18.0 Å². The number of carbonyl (C=O) groups excluding carboxylic acids is 3. The first kappa shape index (κ1) is 23.2. The van der Waals surface area contributed by atoms with E-state index in [1.165, 1.54) is 16.3 Å². The molecule has 6 rings (SSSR count). The summed E-state index contributed by atoms with van der Waals surface area (Å²) in [5, 5.41) is 4.75. The zero-order valence-corrected chi connectivity index (χ0v) is 20.8. The summed E-state index contributed by atoms with van der Waals surface area (Å²) in [7, 11) is 0. The number of imide groups is 1. The van der Waals surface area contributed by atoms with Crippen LogP contribution in [0.15, 0.2) is 48.7 Å². The molecule has 2 fully saturated rings. The van der Waals surface area contributed by atoms with Crippen molar-refractivity contribution in [3.8, 4) is 11.8 Å². The summed E-state index contributed by atoms with van der Waals surface area (Å²) in [6.07, 6.45) is 4.39. The van der Waals surface area contributed by atoms with E-state index in [1.54, 1.807) is 11.0 Å². The summed E-state index contributed by atoms with van der Waals surface area (Å²) in [5.74, 6) is 7.28. The molecule has 1 atom stereocenters. The number of aryl methyl sites for hydroxylation is 1. The highest BCUT2D eigenvalue weighted by atomic mass is 16.2. The summed E-state index contributed by atoms with van der Waals surface area (Å²) >= 11 is 0. The van der Waals surface area contributed by atoms with Crippen molar-refractivity contribution in [3.63, 3.8) is 0 Å². The molecule has 0 radical (unpaired) electrons. The van der Waals surface area contributed by atoms with Crippen LogP contribution < -0.4 is 10.2 Å². The smallest absolute Gasteiger partial charge is 0.255 e. The van der Waals surface area contributed by atoms with Crippen LogP contribution in [0, 0.1) is 24.7 Å². The van der Waals surface area contributed by atoms with Crippen LogP contribution in [0.3, 0.4) is 0 Å². The molecule has 0 bridgehead atoms. The summed E-state index contributed by atoms with van der Waals surface area (Å²) in [4.78, 5) is 45.6. The molecule has 4 heterocycles. The Bertz CT molecular complexity index is 1490. The van der Waals surface area contributed by atoms with Gasteiger partial charge in [0.15, 0.2) is 0 Å². The third-order valence-electron chi connectivity index (χ3n) is 7.69. The molecule has 3 amide bonds. The predicted molar refractivity (Wildman–Crippen MR) is 141 cm³/mol. The maximum Gasteiger partial charge on any atom is 0.255 e. The van der Waals surface area contributed by atoms with Gasteiger partial charge >= 0.3 is 0 Å². The van der Waals surface area contributed by atoms with Gasteiger partial charge in [-0.2, -0.15) is 0 Å². The number of piperidine rings is 2. The van der Waals surface area contributed by atoms with Crippen molar-refractivity contribution in [3.05, 3.63) is 70.9 Å². The lowest BCUT2D eigenvalue weighted by Gasteiger charge is -2.31. The normalized spacial score (nSPS) is 20.0. The van der Waals surface area contributed by atoms with E-state index < -0.39 is 11.9 Å². The van der Waals surface area contributed by atoms with Crippen LogP contribution in [0.1, 0.15) is 52.7 Å². The minimum Gasteiger partial charge on any atom is -0.356 e. The Morgan fingerprint density at radius 3 is 2.68 bits per heavy atom. The molecule has 1 N–H and O–H groups in total. The Hall–Kier alpha value is -4.18. The first-order valence-corrected chi connectivity index (χ1v) is 12.9. The Balaban J connectivity index is 1.16. The minimum absolute atomic E-state index is 0.167. The molecule has 2 saturated heterocycles. The molecule has 0 spiro atoms. The molecular weight excluding hydrogens is 464 g/mol. The molecular formula is C30H28N4O3. The number of pyridine rings is 1. The van der Waals surface area contributed by atoms with E-state index in [0.717, 1.165) is 42.9 Å². The number of fused-ring (bicyclic) bond motifs is 2. The van der Waals surface area contributed by atoms with Crippen LogP contribution in [0.25, 0.3) is 10.8 Å². The Kier molecular flexibility index (Phi) is 5.88. The van der Waals surface area contributed by atoms with Crippen molar-refractivity contribution < 1.29 is 14.4 Å². The topological polar surface area (TPSA) is 82.6 Å². The van der Waals surface area contributed by atoms with Crippen molar-refractivity contribution in [2.45, 2.75) is 45.2 Å². The highest BCUT2D eigenvalue weighted by Crippen LogP contribution is 2.31. The van der Waals surface area contributed by atoms with Crippen molar-refractivity contribution in [1.82, 2.24) is 15.2 Å². The lowest BCUT2D eigenvalue weighted by molar-refractivity contribution is -0.136. The van der Waals surface area contributed by atoms with Gasteiger partial charge in [-0.15, -0.1) is 0 Å². The highest BCUT2D eigenvalue weighted by Gasteiger charge is 2.39. The molecule has 0 saturated carbocycles. The first-order chi connectivity index (χ1) is 18.0. The number of anilines is 1. The van der Waals surface area contributed by atoms with Crippen molar-refractivity contribution in [2.24, 2.45) is 5.92 Å². The van der Waals surface area contributed by atoms with Gasteiger partial charge in [0.1, 0.15) is 11.9 Å². The van der Waals surface area contributed by atoms with Gasteiger partial charge in [0.05, 0.1) is 0 Å². The van der Waals surface area contributed by atoms with Gasteiger partial charge in [0.25, 0.3) is 5.91 Å². The number of amides is 3. The largest absolute Gasteiger partial charge is 0.356 e. The molecule has 7 nitrogen and oxygen atoms in total. The van der Waals surface area contributed by atoms with E-state index in [2.05, 4.69) is 53.2 Å². The van der Waals surface area contributed by atoms with E-state index in [0.29, 0.717) is 18.5 Å². The average Bonchev–Trinajstić information content (AvgIpc) is 3.24. The standard InChI is InChI=1S/C30H28N4O3/c1-19-5-7-22-11-14-31-28(24(22)17-19)33-15-12-20(13-16-33)6-8-21-3-2-4-23-25(21)18-34(30(23)37)26-9-10-27(35)32-29(26)36/h2-5,7,11,14,17,20,26H,9-10,12-13,15-16,18H2,1H3,(H,32,35,36). The number of benzene rings is 2. The fourth-order valence-corrected chi connectivity index (χ4v) is 5.64. The fourth-order valence-electron chi connectivity index (χ4n) is 5.64. The van der Waals surface area contributed by atoms with E-state index in [9.17, 15) is 14.4 Å². The average molecular weight is 493 g/mol. The van der Waals surface area contributed by atoms with Gasteiger partial charge < -0.3 is 9.80 Å². The predicted octanol–water partition coefficient (Wildman–Crippen LogP) is 3.57. The Labute approximate surface area is 215 Å². The first-order valence-electron chi connectivity index (χ1n) is 12.9. The maximum atomic E-state index is 13.1. The van der Waals surface area contributed by atoms with Crippen molar-refractivity contribution in [1.29, 1.82) is 0 Å². The second-order valence-electron chi connectivity index (χ2n) is 10.1. The van der Waals surface area contributed by atoms with Crippen molar-refractivity contribution >= 4 is 34.3 Å². The second-order valence-corrected chi connectivity index (χ2v) is 10.1. The zero-order valence-electron chi connectivity index (χ0n) is 20.8. The molecule has 7 heteroatoms. The van der Waals surface area contributed by atoms with Gasteiger partial charge in [-0.25, -0.2) is 4.98 Å². The summed E-state index contributed by atoms with van der Waals surface area (Å²) in [5.41, 5.74) is 3.54. The highest BCUT2D eigenvalue weighted by molar-refractivity contribution is 6.05. The van der Waals surface area contributed by atoms with Crippen LogP contribution in [-0.2, 0) is 16.1 Å². The van der Waals surface area contributed by atoms with Gasteiger partial charge in [0.2, 0.25) is 11.8 Å². The van der Waals surface area contributed by atoms with Crippen LogP contribution in [0.2, 0.25) is 0 Å². The molecule has 0 aliphatic carbocycles. The van der Waals surface area contributed by atoms with E-state index in [-0.39, 0.29) is 24.2 Å². The molecule has 186 valence electrons. The third kappa shape index (κ3) is 4.33.